The van der Waals surface area contributed by atoms with E-state index >= 15 is 0 Å². The van der Waals surface area contributed by atoms with Crippen molar-refractivity contribution in [1.29, 1.82) is 0 Å². The van der Waals surface area contributed by atoms with Crippen molar-refractivity contribution >= 4 is 5.91 Å². The van der Waals surface area contributed by atoms with E-state index in [9.17, 15) is 4.79 Å². The lowest BCUT2D eigenvalue weighted by molar-refractivity contribution is -0.128. The van der Waals surface area contributed by atoms with Gasteiger partial charge in [0.05, 0.1) is 6.33 Å². The minimum atomic E-state index is 0.128. The van der Waals surface area contributed by atoms with Crippen LogP contribution in [0.5, 0.6) is 0 Å². The summed E-state index contributed by atoms with van der Waals surface area (Å²) in [5.74, 6) is 0.889. The Kier molecular flexibility index (Phi) is 5.34. The minimum Gasteiger partial charge on any atom is -0.349 e. The molecule has 1 rings (SSSR count). The summed E-state index contributed by atoms with van der Waals surface area (Å²) in [4.78, 5) is 17.4. The number of imidazole rings is 1. The van der Waals surface area contributed by atoms with Crippen LogP contribution in [0.15, 0.2) is 12.5 Å². The summed E-state index contributed by atoms with van der Waals surface area (Å²) in [6, 6.07) is 0. The molecule has 1 heterocycles. The molecule has 0 aliphatic carbocycles. The average Bonchev–Trinajstić information content (AvgIpc) is 2.74. The Morgan fingerprint density at radius 3 is 2.67 bits per heavy atom. The van der Waals surface area contributed by atoms with Gasteiger partial charge in [-0.3, -0.25) is 4.79 Å². The van der Waals surface area contributed by atoms with Crippen LogP contribution in [0.25, 0.3) is 0 Å². The Morgan fingerprint density at radius 1 is 1.50 bits per heavy atom. The largest absolute Gasteiger partial charge is 0.349 e. The zero-order valence-corrected chi connectivity index (χ0v) is 11.8. The lowest BCUT2D eigenvalue weighted by Crippen LogP contribution is -2.24. The van der Waals surface area contributed by atoms with E-state index in [1.165, 1.54) is 0 Å². The SMILES string of the molecule is CC(C)C(CN)c1cncn1CCC(=O)N(C)C. The number of carbonyl (C=O) groups excluding carboxylic acids is 1. The molecule has 0 spiro atoms. The van der Waals surface area contributed by atoms with E-state index in [0.29, 0.717) is 31.3 Å². The zero-order chi connectivity index (χ0) is 13.7. The van der Waals surface area contributed by atoms with Gasteiger partial charge in [-0.15, -0.1) is 0 Å². The predicted molar refractivity (Wildman–Crippen MR) is 72.2 cm³/mol. The number of rotatable bonds is 6. The maximum absolute atomic E-state index is 11.6. The molecule has 0 saturated carbocycles. The van der Waals surface area contributed by atoms with E-state index in [1.807, 2.05) is 10.8 Å². The highest BCUT2D eigenvalue weighted by molar-refractivity contribution is 5.75. The van der Waals surface area contributed by atoms with E-state index < -0.39 is 0 Å². The highest BCUT2D eigenvalue weighted by Gasteiger charge is 2.18. The number of hydrogen-bond donors (Lipinski definition) is 1. The number of aryl methyl sites for hydroxylation is 1. The van der Waals surface area contributed by atoms with E-state index in [0.717, 1.165) is 5.69 Å². The molecule has 5 heteroatoms. The van der Waals surface area contributed by atoms with Crippen molar-refractivity contribution in [1.82, 2.24) is 14.5 Å². The fourth-order valence-electron chi connectivity index (χ4n) is 2.00. The summed E-state index contributed by atoms with van der Waals surface area (Å²) >= 11 is 0. The molecule has 0 aliphatic rings. The molecule has 0 radical (unpaired) electrons. The van der Waals surface area contributed by atoms with Crippen LogP contribution in [-0.2, 0) is 11.3 Å². The maximum Gasteiger partial charge on any atom is 0.223 e. The van der Waals surface area contributed by atoms with Gasteiger partial charge < -0.3 is 15.2 Å². The standard InChI is InChI=1S/C13H24N4O/c1-10(2)11(7-14)12-8-15-9-17(12)6-5-13(18)16(3)4/h8-11H,5-7,14H2,1-4H3. The Hall–Kier alpha value is -1.36. The van der Waals surface area contributed by atoms with Crippen LogP contribution in [0.2, 0.25) is 0 Å². The molecule has 0 bridgehead atoms. The van der Waals surface area contributed by atoms with Crippen molar-refractivity contribution in [2.45, 2.75) is 32.7 Å². The molecule has 102 valence electrons. The Morgan fingerprint density at radius 2 is 2.17 bits per heavy atom. The van der Waals surface area contributed by atoms with Gasteiger partial charge in [0, 0.05) is 51.4 Å². The first-order chi connectivity index (χ1) is 8.47. The van der Waals surface area contributed by atoms with Crippen LogP contribution in [0.1, 0.15) is 31.9 Å². The number of aromatic nitrogens is 2. The van der Waals surface area contributed by atoms with E-state index in [1.54, 1.807) is 25.3 Å². The highest BCUT2D eigenvalue weighted by Crippen LogP contribution is 2.23. The summed E-state index contributed by atoms with van der Waals surface area (Å²) in [6.45, 7) is 5.57. The Labute approximate surface area is 109 Å². The van der Waals surface area contributed by atoms with Crippen LogP contribution in [0.4, 0.5) is 0 Å². The number of amides is 1. The molecule has 1 aromatic heterocycles. The molecule has 2 N–H and O–H groups in total. The highest BCUT2D eigenvalue weighted by atomic mass is 16.2. The third-order valence-corrected chi connectivity index (χ3v) is 3.25. The topological polar surface area (TPSA) is 64.1 Å². The summed E-state index contributed by atoms with van der Waals surface area (Å²) in [7, 11) is 3.54. The second-order valence-electron chi connectivity index (χ2n) is 5.14. The predicted octanol–water partition coefficient (Wildman–Crippen LogP) is 1.06. The van der Waals surface area contributed by atoms with Crippen LogP contribution < -0.4 is 5.73 Å². The molecule has 1 unspecified atom stereocenters. The summed E-state index contributed by atoms with van der Waals surface area (Å²) in [6.07, 6.45) is 4.13. The van der Waals surface area contributed by atoms with Crippen LogP contribution in [0, 0.1) is 5.92 Å². The van der Waals surface area contributed by atoms with Gasteiger partial charge in [-0.1, -0.05) is 13.8 Å². The van der Waals surface area contributed by atoms with Gasteiger partial charge in [0.25, 0.3) is 0 Å². The van der Waals surface area contributed by atoms with Crippen molar-refractivity contribution in [3.05, 3.63) is 18.2 Å². The van der Waals surface area contributed by atoms with Crippen LogP contribution in [-0.4, -0.2) is 41.0 Å². The quantitative estimate of drug-likeness (QED) is 0.823. The molecule has 18 heavy (non-hydrogen) atoms. The first-order valence-corrected chi connectivity index (χ1v) is 6.37. The monoisotopic (exact) mass is 252 g/mol. The first kappa shape index (κ1) is 14.7. The fourth-order valence-corrected chi connectivity index (χ4v) is 2.00. The van der Waals surface area contributed by atoms with Gasteiger partial charge in [0.15, 0.2) is 0 Å². The van der Waals surface area contributed by atoms with Crippen molar-refractivity contribution < 1.29 is 4.79 Å². The molecule has 0 aliphatic heterocycles. The van der Waals surface area contributed by atoms with Gasteiger partial charge >= 0.3 is 0 Å². The molecule has 1 atom stereocenters. The average molecular weight is 252 g/mol. The van der Waals surface area contributed by atoms with E-state index in [2.05, 4.69) is 18.8 Å². The van der Waals surface area contributed by atoms with Gasteiger partial charge in [0.2, 0.25) is 5.91 Å². The maximum atomic E-state index is 11.6. The molecule has 5 nitrogen and oxygen atoms in total. The van der Waals surface area contributed by atoms with E-state index in [-0.39, 0.29) is 5.91 Å². The summed E-state index contributed by atoms with van der Waals surface area (Å²) in [5, 5.41) is 0. The Balaban J connectivity index is 2.73. The molecule has 0 fully saturated rings. The van der Waals surface area contributed by atoms with Gasteiger partial charge in [0.1, 0.15) is 0 Å². The first-order valence-electron chi connectivity index (χ1n) is 6.37. The van der Waals surface area contributed by atoms with Crippen LogP contribution in [0.3, 0.4) is 0 Å². The number of hydrogen-bond acceptors (Lipinski definition) is 3. The second kappa shape index (κ2) is 6.54. The smallest absolute Gasteiger partial charge is 0.223 e. The molecule has 0 aromatic carbocycles. The van der Waals surface area contributed by atoms with Crippen molar-refractivity contribution in [2.75, 3.05) is 20.6 Å². The lowest BCUT2D eigenvalue weighted by atomic mass is 9.93. The number of carbonyl (C=O) groups is 1. The third-order valence-electron chi connectivity index (χ3n) is 3.25. The normalized spacial score (nSPS) is 12.8. The molecule has 1 amide bonds. The molecule has 1 aromatic rings. The third kappa shape index (κ3) is 3.57. The summed E-state index contributed by atoms with van der Waals surface area (Å²) < 4.78 is 2.04. The zero-order valence-electron chi connectivity index (χ0n) is 11.8. The van der Waals surface area contributed by atoms with Crippen molar-refractivity contribution in [3.63, 3.8) is 0 Å². The van der Waals surface area contributed by atoms with Crippen LogP contribution >= 0.6 is 0 Å². The number of nitrogens with zero attached hydrogens (tertiary/aromatic N) is 3. The number of nitrogens with two attached hydrogens (primary N) is 1. The molecular formula is C13H24N4O. The minimum absolute atomic E-state index is 0.128. The van der Waals surface area contributed by atoms with Gasteiger partial charge in [-0.2, -0.15) is 0 Å². The van der Waals surface area contributed by atoms with Gasteiger partial charge in [-0.25, -0.2) is 4.98 Å². The second-order valence-corrected chi connectivity index (χ2v) is 5.14. The molecule has 0 saturated heterocycles. The lowest BCUT2D eigenvalue weighted by Gasteiger charge is -2.21. The molecular weight excluding hydrogens is 228 g/mol. The fraction of sp³-hybridized carbons (Fsp3) is 0.692. The Bertz CT molecular complexity index is 384. The van der Waals surface area contributed by atoms with Crippen molar-refractivity contribution in [2.24, 2.45) is 11.7 Å². The van der Waals surface area contributed by atoms with E-state index in [4.69, 9.17) is 5.73 Å². The summed E-state index contributed by atoms with van der Waals surface area (Å²) in [5.41, 5.74) is 6.95. The van der Waals surface area contributed by atoms with Gasteiger partial charge in [-0.05, 0) is 5.92 Å². The van der Waals surface area contributed by atoms with Crippen molar-refractivity contribution in [3.8, 4) is 0 Å².